The SMILES string of the molecule is C[C@@]1(CCO)CCN(Cc2ccccc2)C1=O. The maximum atomic E-state index is 12.2. The molecule has 1 heterocycles. The highest BCUT2D eigenvalue weighted by Crippen LogP contribution is 2.35. The minimum absolute atomic E-state index is 0.0847. The van der Waals surface area contributed by atoms with Gasteiger partial charge in [-0.1, -0.05) is 37.3 Å². The van der Waals surface area contributed by atoms with E-state index in [4.69, 9.17) is 5.11 Å². The van der Waals surface area contributed by atoms with Crippen molar-refractivity contribution in [1.29, 1.82) is 0 Å². The van der Waals surface area contributed by atoms with Crippen molar-refractivity contribution in [2.24, 2.45) is 5.41 Å². The van der Waals surface area contributed by atoms with Gasteiger partial charge in [0.25, 0.3) is 0 Å². The molecule has 0 saturated carbocycles. The van der Waals surface area contributed by atoms with Crippen LogP contribution in [0.4, 0.5) is 0 Å². The Morgan fingerprint density at radius 1 is 1.35 bits per heavy atom. The van der Waals surface area contributed by atoms with Crippen LogP contribution in [0.3, 0.4) is 0 Å². The molecule has 0 bridgehead atoms. The highest BCUT2D eigenvalue weighted by molar-refractivity contribution is 5.84. The van der Waals surface area contributed by atoms with Gasteiger partial charge in [0.05, 0.1) is 5.41 Å². The summed E-state index contributed by atoms with van der Waals surface area (Å²) in [5.74, 6) is 0.176. The van der Waals surface area contributed by atoms with E-state index < -0.39 is 0 Å². The predicted molar refractivity (Wildman–Crippen MR) is 66.3 cm³/mol. The molecule has 1 fully saturated rings. The molecule has 0 spiro atoms. The van der Waals surface area contributed by atoms with Crippen LogP contribution in [-0.2, 0) is 11.3 Å². The Kier molecular flexibility index (Phi) is 3.48. The van der Waals surface area contributed by atoms with Crippen molar-refractivity contribution in [3.8, 4) is 0 Å². The first-order chi connectivity index (χ1) is 8.15. The average Bonchev–Trinajstić information content (AvgIpc) is 2.60. The molecule has 1 amide bonds. The summed E-state index contributed by atoms with van der Waals surface area (Å²) in [7, 11) is 0. The molecule has 1 N–H and O–H groups in total. The summed E-state index contributed by atoms with van der Waals surface area (Å²) in [4.78, 5) is 14.1. The van der Waals surface area contributed by atoms with Crippen LogP contribution in [0.5, 0.6) is 0 Å². The molecule has 0 aliphatic carbocycles. The second kappa shape index (κ2) is 4.88. The minimum Gasteiger partial charge on any atom is -0.396 e. The van der Waals surface area contributed by atoms with Crippen LogP contribution in [0.25, 0.3) is 0 Å². The second-order valence-electron chi connectivity index (χ2n) is 5.00. The van der Waals surface area contributed by atoms with Crippen molar-refractivity contribution in [3.63, 3.8) is 0 Å². The molecule has 92 valence electrons. The number of hydrogen-bond donors (Lipinski definition) is 1. The third-order valence-corrected chi connectivity index (χ3v) is 3.62. The standard InChI is InChI=1S/C14H19NO2/c1-14(8-10-16)7-9-15(13(14)17)11-12-5-3-2-4-6-12/h2-6,16H,7-11H2,1H3/t14-/m0/s1. The average molecular weight is 233 g/mol. The molecular weight excluding hydrogens is 214 g/mol. The molecule has 0 aromatic heterocycles. The lowest BCUT2D eigenvalue weighted by Gasteiger charge is -2.22. The molecule has 3 nitrogen and oxygen atoms in total. The van der Waals surface area contributed by atoms with Gasteiger partial charge in [-0.25, -0.2) is 0 Å². The summed E-state index contributed by atoms with van der Waals surface area (Å²) in [6, 6.07) is 10.0. The molecule has 2 rings (SSSR count). The minimum atomic E-state index is -0.358. The molecule has 0 radical (unpaired) electrons. The Morgan fingerprint density at radius 2 is 2.06 bits per heavy atom. The van der Waals surface area contributed by atoms with Crippen LogP contribution >= 0.6 is 0 Å². The fraction of sp³-hybridized carbons (Fsp3) is 0.500. The van der Waals surface area contributed by atoms with E-state index in [2.05, 4.69) is 0 Å². The van der Waals surface area contributed by atoms with Crippen molar-refractivity contribution < 1.29 is 9.90 Å². The Hall–Kier alpha value is -1.35. The number of amides is 1. The molecule has 1 aliphatic rings. The maximum Gasteiger partial charge on any atom is 0.228 e. The second-order valence-corrected chi connectivity index (χ2v) is 5.00. The van der Waals surface area contributed by atoms with Crippen molar-refractivity contribution in [1.82, 2.24) is 4.90 Å². The Morgan fingerprint density at radius 3 is 2.71 bits per heavy atom. The third kappa shape index (κ3) is 2.50. The van der Waals surface area contributed by atoms with Gasteiger partial charge in [0.15, 0.2) is 0 Å². The zero-order valence-electron chi connectivity index (χ0n) is 10.2. The Bertz CT molecular complexity index is 390. The van der Waals surface area contributed by atoms with Crippen molar-refractivity contribution in [2.75, 3.05) is 13.2 Å². The summed E-state index contributed by atoms with van der Waals surface area (Å²) < 4.78 is 0. The highest BCUT2D eigenvalue weighted by Gasteiger charge is 2.41. The van der Waals surface area contributed by atoms with Gasteiger partial charge in [-0.2, -0.15) is 0 Å². The Labute approximate surface area is 102 Å². The number of carbonyl (C=O) groups is 1. The lowest BCUT2D eigenvalue weighted by molar-refractivity contribution is -0.136. The van der Waals surface area contributed by atoms with Crippen molar-refractivity contribution in [3.05, 3.63) is 35.9 Å². The van der Waals surface area contributed by atoms with E-state index in [1.807, 2.05) is 42.2 Å². The number of aliphatic hydroxyl groups is 1. The van der Waals surface area contributed by atoms with Gasteiger partial charge in [0, 0.05) is 19.7 Å². The van der Waals surface area contributed by atoms with Gasteiger partial charge in [-0.05, 0) is 18.4 Å². The first kappa shape index (κ1) is 12.1. The zero-order valence-corrected chi connectivity index (χ0v) is 10.2. The van der Waals surface area contributed by atoms with E-state index in [9.17, 15) is 4.79 Å². The van der Waals surface area contributed by atoms with E-state index in [0.29, 0.717) is 13.0 Å². The van der Waals surface area contributed by atoms with Gasteiger partial charge in [0.1, 0.15) is 0 Å². The fourth-order valence-electron chi connectivity index (χ4n) is 2.41. The summed E-state index contributed by atoms with van der Waals surface area (Å²) in [6.45, 7) is 3.52. The van der Waals surface area contributed by atoms with E-state index in [-0.39, 0.29) is 17.9 Å². The quantitative estimate of drug-likeness (QED) is 0.861. The fourth-order valence-corrected chi connectivity index (χ4v) is 2.41. The predicted octanol–water partition coefficient (Wildman–Crippen LogP) is 1.81. The number of aliphatic hydroxyl groups excluding tert-OH is 1. The first-order valence-corrected chi connectivity index (χ1v) is 6.10. The van der Waals surface area contributed by atoms with Crippen LogP contribution in [0, 0.1) is 5.41 Å². The number of carbonyl (C=O) groups excluding carboxylic acids is 1. The van der Waals surface area contributed by atoms with Crippen molar-refractivity contribution in [2.45, 2.75) is 26.3 Å². The number of benzene rings is 1. The van der Waals surface area contributed by atoms with Crippen LogP contribution in [-0.4, -0.2) is 29.1 Å². The zero-order chi connectivity index (χ0) is 12.3. The summed E-state index contributed by atoms with van der Waals surface area (Å²) >= 11 is 0. The third-order valence-electron chi connectivity index (χ3n) is 3.62. The number of nitrogens with zero attached hydrogens (tertiary/aromatic N) is 1. The number of likely N-dealkylation sites (tertiary alicyclic amines) is 1. The molecule has 1 aromatic rings. The van der Waals surface area contributed by atoms with E-state index in [1.54, 1.807) is 0 Å². The van der Waals surface area contributed by atoms with Gasteiger partial charge in [-0.15, -0.1) is 0 Å². The summed E-state index contributed by atoms with van der Waals surface area (Å²) in [6.07, 6.45) is 1.41. The molecular formula is C14H19NO2. The van der Waals surface area contributed by atoms with Crippen LogP contribution in [0.2, 0.25) is 0 Å². The monoisotopic (exact) mass is 233 g/mol. The molecule has 1 saturated heterocycles. The van der Waals surface area contributed by atoms with Gasteiger partial charge < -0.3 is 10.0 Å². The lowest BCUT2D eigenvalue weighted by atomic mass is 9.85. The van der Waals surface area contributed by atoms with Gasteiger partial charge >= 0.3 is 0 Å². The van der Waals surface area contributed by atoms with E-state index >= 15 is 0 Å². The largest absolute Gasteiger partial charge is 0.396 e. The topological polar surface area (TPSA) is 40.5 Å². The highest BCUT2D eigenvalue weighted by atomic mass is 16.3. The molecule has 3 heteroatoms. The number of rotatable bonds is 4. The Balaban J connectivity index is 2.03. The van der Waals surface area contributed by atoms with Crippen LogP contribution in [0.1, 0.15) is 25.3 Å². The van der Waals surface area contributed by atoms with Gasteiger partial charge in [0.2, 0.25) is 5.91 Å². The van der Waals surface area contributed by atoms with Crippen LogP contribution < -0.4 is 0 Å². The molecule has 1 aromatic carbocycles. The van der Waals surface area contributed by atoms with Crippen molar-refractivity contribution >= 4 is 5.91 Å². The van der Waals surface area contributed by atoms with E-state index in [0.717, 1.165) is 18.5 Å². The maximum absolute atomic E-state index is 12.2. The normalized spacial score (nSPS) is 24.4. The molecule has 1 atom stereocenters. The van der Waals surface area contributed by atoms with Crippen LogP contribution in [0.15, 0.2) is 30.3 Å². The summed E-state index contributed by atoms with van der Waals surface area (Å²) in [5.41, 5.74) is 0.804. The molecule has 1 aliphatic heterocycles. The smallest absolute Gasteiger partial charge is 0.228 e. The first-order valence-electron chi connectivity index (χ1n) is 6.10. The van der Waals surface area contributed by atoms with Gasteiger partial charge in [-0.3, -0.25) is 4.79 Å². The van der Waals surface area contributed by atoms with E-state index in [1.165, 1.54) is 0 Å². The molecule has 17 heavy (non-hydrogen) atoms. The summed E-state index contributed by atoms with van der Waals surface area (Å²) in [5, 5.41) is 9.01. The molecule has 0 unspecified atom stereocenters. The number of hydrogen-bond acceptors (Lipinski definition) is 2. The lowest BCUT2D eigenvalue weighted by Crippen LogP contribution is -2.32.